The highest BCUT2D eigenvalue weighted by molar-refractivity contribution is 6.32. The minimum Gasteiger partial charge on any atom is -0.370 e. The first-order valence-electron chi connectivity index (χ1n) is 11.4. The van der Waals surface area contributed by atoms with E-state index in [0.29, 0.717) is 22.7 Å². The average Bonchev–Trinajstić information content (AvgIpc) is 3.35. The van der Waals surface area contributed by atoms with Crippen LogP contribution in [0.4, 0.5) is 5.69 Å². The molecule has 4 amide bonds. The normalized spacial score (nSPS) is 31.9. The molecular formula is C23H28ClN4O4+. The Morgan fingerprint density at radius 3 is 2.62 bits per heavy atom. The second kappa shape index (κ2) is 7.56. The summed E-state index contributed by atoms with van der Waals surface area (Å²) in [6.45, 7) is 1.83. The first-order chi connectivity index (χ1) is 15.3. The van der Waals surface area contributed by atoms with Gasteiger partial charge in [-0.1, -0.05) is 30.9 Å². The van der Waals surface area contributed by atoms with E-state index in [9.17, 15) is 19.2 Å². The molecule has 4 aliphatic rings. The van der Waals surface area contributed by atoms with Gasteiger partial charge in [-0.2, -0.15) is 0 Å². The number of carbonyl (C=O) groups excluding carboxylic acids is 4. The summed E-state index contributed by atoms with van der Waals surface area (Å²) in [5.74, 6) is -2.70. The van der Waals surface area contributed by atoms with Crippen LogP contribution in [0.5, 0.6) is 0 Å². The van der Waals surface area contributed by atoms with Crippen molar-refractivity contribution in [3.8, 4) is 0 Å². The topological polar surface area (TPSA) is 126 Å². The van der Waals surface area contributed by atoms with Gasteiger partial charge in [0.2, 0.25) is 23.3 Å². The molecule has 3 heterocycles. The van der Waals surface area contributed by atoms with Gasteiger partial charge in [-0.3, -0.25) is 24.1 Å². The van der Waals surface area contributed by atoms with Gasteiger partial charge < -0.3 is 16.4 Å². The molecule has 5 rings (SSSR count). The molecule has 32 heavy (non-hydrogen) atoms. The zero-order valence-electron chi connectivity index (χ0n) is 18.0. The van der Waals surface area contributed by atoms with Crippen LogP contribution in [-0.2, 0) is 24.7 Å². The first kappa shape index (κ1) is 21.4. The Morgan fingerprint density at radius 2 is 1.94 bits per heavy atom. The second-order valence-electron chi connectivity index (χ2n) is 9.60. The van der Waals surface area contributed by atoms with Crippen molar-refractivity contribution in [2.45, 2.75) is 69.5 Å². The summed E-state index contributed by atoms with van der Waals surface area (Å²) in [6, 6.07) is 3.02. The van der Waals surface area contributed by atoms with E-state index in [1.54, 1.807) is 12.1 Å². The van der Waals surface area contributed by atoms with Crippen molar-refractivity contribution in [1.82, 2.24) is 4.90 Å². The molecule has 4 atom stereocenters. The van der Waals surface area contributed by atoms with Gasteiger partial charge in [0.05, 0.1) is 5.69 Å². The number of benzene rings is 1. The zero-order chi connectivity index (χ0) is 22.8. The van der Waals surface area contributed by atoms with Gasteiger partial charge in [0, 0.05) is 29.5 Å². The number of quaternary nitrogens is 1. The van der Waals surface area contributed by atoms with Crippen LogP contribution in [0.2, 0.25) is 5.02 Å². The Morgan fingerprint density at radius 1 is 1.22 bits per heavy atom. The Bertz CT molecular complexity index is 1040. The van der Waals surface area contributed by atoms with Crippen LogP contribution in [0.3, 0.4) is 0 Å². The summed E-state index contributed by atoms with van der Waals surface area (Å²) < 4.78 is 0. The largest absolute Gasteiger partial charge is 0.370 e. The molecule has 0 bridgehead atoms. The van der Waals surface area contributed by atoms with Crippen LogP contribution in [0.15, 0.2) is 12.1 Å². The smallest absolute Gasteiger partial charge is 0.291 e. The third kappa shape index (κ3) is 2.85. The minimum absolute atomic E-state index is 0.0967. The van der Waals surface area contributed by atoms with Crippen molar-refractivity contribution in [2.24, 2.45) is 17.6 Å². The number of nitrogens with zero attached hydrogens (tertiary/aromatic N) is 1. The number of amides is 4. The monoisotopic (exact) mass is 459 g/mol. The Kier molecular flexibility index (Phi) is 5.05. The molecule has 0 aromatic heterocycles. The molecule has 1 spiro atoms. The number of halogens is 1. The Labute approximate surface area is 191 Å². The number of carbonyl (C=O) groups is 4. The number of nitrogens with two attached hydrogens (primary N) is 2. The van der Waals surface area contributed by atoms with E-state index in [1.165, 1.54) is 4.90 Å². The second-order valence-corrected chi connectivity index (χ2v) is 10.0. The standard InChI is InChI=1S/C23H27ClN4O4/c1-11-14(24)8-7-13-19(11)26-22(32)23(13)18-17(15(27-23)9-10-16(25)29)20(30)28(21(18)31)12-5-3-2-4-6-12/h7-8,12,15,17-18,27H,2-6,9-10H2,1H3,(H2,25,29)(H,26,32)/p+1/t15-,17-,18+,23+/m1/s1. The number of anilines is 1. The van der Waals surface area contributed by atoms with E-state index in [4.69, 9.17) is 17.3 Å². The van der Waals surface area contributed by atoms with Crippen molar-refractivity contribution in [2.75, 3.05) is 5.32 Å². The molecule has 1 aromatic carbocycles. The van der Waals surface area contributed by atoms with Crippen molar-refractivity contribution in [1.29, 1.82) is 0 Å². The Balaban J connectivity index is 1.62. The fraction of sp³-hybridized carbons (Fsp3) is 0.565. The fourth-order valence-electron chi connectivity index (χ4n) is 6.45. The van der Waals surface area contributed by atoms with Gasteiger partial charge in [0.1, 0.15) is 17.9 Å². The minimum atomic E-state index is -1.24. The number of fused-ring (bicyclic) bond motifs is 4. The fourth-order valence-corrected chi connectivity index (χ4v) is 6.60. The van der Waals surface area contributed by atoms with Crippen molar-refractivity contribution in [3.63, 3.8) is 0 Å². The number of rotatable bonds is 4. The highest BCUT2D eigenvalue weighted by atomic mass is 35.5. The van der Waals surface area contributed by atoms with Crippen molar-refractivity contribution < 1.29 is 24.5 Å². The SMILES string of the molecule is Cc1c(Cl)ccc2c1NC(=O)[C@]21[NH2+][C@H](CCC(N)=O)[C@H]2C(=O)N(C3CCCCC3)C(=O)[C@H]21. The maximum Gasteiger partial charge on any atom is 0.291 e. The summed E-state index contributed by atoms with van der Waals surface area (Å²) in [4.78, 5) is 54.0. The van der Waals surface area contributed by atoms with E-state index in [-0.39, 0.29) is 36.2 Å². The summed E-state index contributed by atoms with van der Waals surface area (Å²) in [7, 11) is 0. The molecule has 1 aromatic rings. The zero-order valence-corrected chi connectivity index (χ0v) is 18.8. The lowest BCUT2D eigenvalue weighted by molar-refractivity contribution is -0.734. The van der Waals surface area contributed by atoms with Crippen LogP contribution >= 0.6 is 11.6 Å². The molecule has 3 aliphatic heterocycles. The summed E-state index contributed by atoms with van der Waals surface area (Å²) in [6.07, 6.45) is 5.12. The van der Waals surface area contributed by atoms with E-state index in [1.807, 2.05) is 12.2 Å². The molecule has 8 nitrogen and oxygen atoms in total. The van der Waals surface area contributed by atoms with E-state index in [2.05, 4.69) is 5.32 Å². The van der Waals surface area contributed by atoms with E-state index >= 15 is 0 Å². The number of nitrogens with one attached hydrogen (secondary N) is 1. The van der Waals surface area contributed by atoms with Crippen molar-refractivity contribution >= 4 is 40.9 Å². The molecule has 1 aliphatic carbocycles. The average molecular weight is 460 g/mol. The van der Waals surface area contributed by atoms with Gasteiger partial charge in [-0.15, -0.1) is 0 Å². The summed E-state index contributed by atoms with van der Waals surface area (Å²) in [5, 5.41) is 5.31. The Hall–Kier alpha value is -2.45. The lowest BCUT2D eigenvalue weighted by Crippen LogP contribution is -2.99. The van der Waals surface area contributed by atoms with Gasteiger partial charge in [-0.05, 0) is 37.5 Å². The van der Waals surface area contributed by atoms with E-state index in [0.717, 1.165) is 37.7 Å². The third-order valence-electron chi connectivity index (χ3n) is 7.94. The van der Waals surface area contributed by atoms with Gasteiger partial charge in [-0.25, -0.2) is 0 Å². The van der Waals surface area contributed by atoms with Crippen LogP contribution in [-0.4, -0.2) is 40.6 Å². The van der Waals surface area contributed by atoms with Crippen LogP contribution in [0.1, 0.15) is 56.1 Å². The molecule has 9 heteroatoms. The first-order valence-corrected chi connectivity index (χ1v) is 11.8. The third-order valence-corrected chi connectivity index (χ3v) is 8.35. The van der Waals surface area contributed by atoms with Crippen LogP contribution < -0.4 is 16.4 Å². The highest BCUT2D eigenvalue weighted by Gasteiger charge is 2.74. The molecule has 2 saturated heterocycles. The maximum atomic E-state index is 13.8. The summed E-state index contributed by atoms with van der Waals surface area (Å²) >= 11 is 6.29. The van der Waals surface area contributed by atoms with Crippen LogP contribution in [0, 0.1) is 18.8 Å². The lowest BCUT2D eigenvalue weighted by atomic mass is 9.76. The van der Waals surface area contributed by atoms with Gasteiger partial charge in [0.15, 0.2) is 0 Å². The van der Waals surface area contributed by atoms with E-state index < -0.39 is 23.3 Å². The maximum absolute atomic E-state index is 13.8. The predicted molar refractivity (Wildman–Crippen MR) is 116 cm³/mol. The molecular weight excluding hydrogens is 432 g/mol. The molecule has 0 unspecified atom stereocenters. The molecule has 170 valence electrons. The number of likely N-dealkylation sites (tertiary alicyclic amines) is 1. The predicted octanol–water partition coefficient (Wildman–Crippen LogP) is 0.941. The van der Waals surface area contributed by atoms with Crippen molar-refractivity contribution in [3.05, 3.63) is 28.3 Å². The number of hydrogen-bond acceptors (Lipinski definition) is 4. The lowest BCUT2D eigenvalue weighted by Gasteiger charge is -2.32. The highest BCUT2D eigenvalue weighted by Crippen LogP contribution is 2.51. The number of primary amides is 1. The molecule has 1 saturated carbocycles. The molecule has 0 radical (unpaired) electrons. The molecule has 3 fully saturated rings. The molecule has 5 N–H and O–H groups in total. The summed E-state index contributed by atoms with van der Waals surface area (Å²) in [5.41, 5.74) is 6.19. The van der Waals surface area contributed by atoms with Gasteiger partial charge in [0.25, 0.3) is 5.91 Å². The number of imide groups is 1. The quantitative estimate of drug-likeness (QED) is 0.579. The van der Waals surface area contributed by atoms with Crippen LogP contribution in [0.25, 0.3) is 0 Å². The van der Waals surface area contributed by atoms with Gasteiger partial charge >= 0.3 is 0 Å². The number of hydrogen-bond donors (Lipinski definition) is 3.